The summed E-state index contributed by atoms with van der Waals surface area (Å²) in [6.07, 6.45) is 5.28. The molecule has 0 N–H and O–H groups in total. The lowest BCUT2D eigenvalue weighted by Gasteiger charge is -2.39. The fourth-order valence-electron chi connectivity index (χ4n) is 5.90. The van der Waals surface area contributed by atoms with Crippen molar-refractivity contribution in [2.45, 2.75) is 76.7 Å². The first-order valence-electron chi connectivity index (χ1n) is 13.8. The smallest absolute Gasteiger partial charge is 0.254 e. The van der Waals surface area contributed by atoms with Crippen LogP contribution in [0, 0.1) is 11.6 Å². The summed E-state index contributed by atoms with van der Waals surface area (Å²) in [5.41, 5.74) is 3.21. The molecule has 0 aromatic heterocycles. The normalized spacial score (nSPS) is 20.6. The van der Waals surface area contributed by atoms with Gasteiger partial charge in [-0.2, -0.15) is 0 Å². The summed E-state index contributed by atoms with van der Waals surface area (Å²) in [5.74, 6) is -1.17. The van der Waals surface area contributed by atoms with Crippen LogP contribution in [0.25, 0.3) is 0 Å². The maximum Gasteiger partial charge on any atom is 0.254 e. The topological polar surface area (TPSA) is 32.8 Å². The lowest BCUT2D eigenvalue weighted by Crippen LogP contribution is -2.49. The highest BCUT2D eigenvalue weighted by molar-refractivity contribution is 5.95. The molecular formula is C32H36F2N2O2. The molecule has 3 aromatic carbocycles. The first-order valence-corrected chi connectivity index (χ1v) is 13.8. The highest BCUT2D eigenvalue weighted by Crippen LogP contribution is 2.38. The zero-order valence-corrected chi connectivity index (χ0v) is 22.0. The van der Waals surface area contributed by atoms with Gasteiger partial charge in [-0.15, -0.1) is 0 Å². The van der Waals surface area contributed by atoms with E-state index in [0.29, 0.717) is 18.4 Å². The lowest BCUT2D eigenvalue weighted by atomic mass is 9.98. The van der Waals surface area contributed by atoms with Crippen LogP contribution in [-0.4, -0.2) is 40.4 Å². The van der Waals surface area contributed by atoms with Crippen LogP contribution >= 0.6 is 0 Å². The van der Waals surface area contributed by atoms with Crippen molar-refractivity contribution >= 4 is 5.91 Å². The quantitative estimate of drug-likeness (QED) is 0.290. The van der Waals surface area contributed by atoms with Gasteiger partial charge < -0.3 is 9.64 Å². The Bertz CT molecular complexity index is 1200. The molecule has 2 fully saturated rings. The number of nitrogens with zero attached hydrogens (tertiary/aromatic N) is 2. The number of unbranched alkanes of at least 4 members (excludes halogenated alkanes) is 1. The number of piperidine rings is 1. The molecule has 0 aliphatic carbocycles. The largest absolute Gasteiger partial charge is 0.487 e. The van der Waals surface area contributed by atoms with Crippen LogP contribution in [0.4, 0.5) is 8.78 Å². The molecule has 200 valence electrons. The number of halogens is 2. The number of amides is 1. The van der Waals surface area contributed by atoms with Crippen LogP contribution in [0.2, 0.25) is 0 Å². The van der Waals surface area contributed by atoms with Gasteiger partial charge in [0.1, 0.15) is 11.9 Å². The van der Waals surface area contributed by atoms with Gasteiger partial charge in [0.05, 0.1) is 0 Å². The van der Waals surface area contributed by atoms with E-state index in [1.165, 1.54) is 23.3 Å². The minimum atomic E-state index is -0.687. The van der Waals surface area contributed by atoms with Gasteiger partial charge in [-0.25, -0.2) is 8.78 Å². The molecule has 3 aromatic rings. The van der Waals surface area contributed by atoms with Gasteiger partial charge in [0, 0.05) is 49.6 Å². The summed E-state index contributed by atoms with van der Waals surface area (Å²) in [7, 11) is 0. The fraction of sp³-hybridized carbons (Fsp3) is 0.406. The second kappa shape index (κ2) is 12.1. The number of hydrogen-bond acceptors (Lipinski definition) is 3. The van der Waals surface area contributed by atoms with Crippen LogP contribution in [-0.2, 0) is 13.1 Å². The first kappa shape index (κ1) is 26.4. The maximum absolute atomic E-state index is 14.1. The van der Waals surface area contributed by atoms with Crippen LogP contribution in [0.1, 0.15) is 66.9 Å². The third-order valence-corrected chi connectivity index (χ3v) is 7.80. The van der Waals surface area contributed by atoms with E-state index in [9.17, 15) is 13.6 Å². The van der Waals surface area contributed by atoms with Crippen molar-refractivity contribution in [1.82, 2.24) is 9.80 Å². The van der Waals surface area contributed by atoms with Gasteiger partial charge in [-0.1, -0.05) is 55.8 Å². The van der Waals surface area contributed by atoms with Gasteiger partial charge in [-0.3, -0.25) is 9.69 Å². The molecule has 6 heteroatoms. The molecular weight excluding hydrogens is 482 g/mol. The molecule has 5 rings (SSSR count). The van der Waals surface area contributed by atoms with E-state index < -0.39 is 11.6 Å². The first-order chi connectivity index (χ1) is 18.5. The van der Waals surface area contributed by atoms with E-state index in [1.54, 1.807) is 0 Å². The Kier molecular flexibility index (Phi) is 8.38. The fourth-order valence-corrected chi connectivity index (χ4v) is 5.90. The van der Waals surface area contributed by atoms with E-state index in [-0.39, 0.29) is 29.8 Å². The molecule has 2 bridgehead atoms. The van der Waals surface area contributed by atoms with Crippen molar-refractivity contribution in [3.05, 3.63) is 101 Å². The van der Waals surface area contributed by atoms with Gasteiger partial charge in [-0.05, 0) is 61.2 Å². The minimum Gasteiger partial charge on any atom is -0.487 e. The Hall–Kier alpha value is -3.25. The van der Waals surface area contributed by atoms with Gasteiger partial charge >= 0.3 is 0 Å². The summed E-state index contributed by atoms with van der Waals surface area (Å²) in [6, 6.07) is 22.1. The summed E-state index contributed by atoms with van der Waals surface area (Å²) < 4.78 is 33.2. The van der Waals surface area contributed by atoms with Gasteiger partial charge in [0.25, 0.3) is 5.91 Å². The average Bonchev–Trinajstić information content (AvgIpc) is 3.19. The molecule has 4 nitrogen and oxygen atoms in total. The second-order valence-electron chi connectivity index (χ2n) is 10.6. The lowest BCUT2D eigenvalue weighted by molar-refractivity contribution is 0.0349. The van der Waals surface area contributed by atoms with Crippen molar-refractivity contribution in [3.63, 3.8) is 0 Å². The number of fused-ring (bicyclic) bond motifs is 2. The van der Waals surface area contributed by atoms with Crippen molar-refractivity contribution in [2.24, 2.45) is 0 Å². The van der Waals surface area contributed by atoms with Crippen molar-refractivity contribution in [1.29, 1.82) is 0 Å². The standard InChI is InChI=1S/C32H36F2N2O2/c1-2-3-17-35(21-23-7-5-4-6-8-23)22-24-9-11-25(12-10-24)32(37)36-27-14-15-28(36)20-29(19-27)38-31-16-13-26(33)18-30(31)34/h4-13,16,18,27-29H,2-3,14-15,17,19-22H2,1H3/t27-,28-/m0/s1. The SMILES string of the molecule is CCCCN(Cc1ccccc1)Cc1ccc(C(=O)N2[C@H]3CC[C@H]2CC(Oc2ccc(F)cc2F)C3)cc1. The Labute approximate surface area is 224 Å². The predicted molar refractivity (Wildman–Crippen MR) is 145 cm³/mol. The van der Waals surface area contributed by atoms with E-state index in [1.807, 2.05) is 23.1 Å². The van der Waals surface area contributed by atoms with E-state index >= 15 is 0 Å². The number of carbonyl (C=O) groups excluding carboxylic acids is 1. The molecule has 2 aliphatic heterocycles. The third kappa shape index (κ3) is 6.24. The van der Waals surface area contributed by atoms with Crippen molar-refractivity contribution < 1.29 is 18.3 Å². The summed E-state index contributed by atoms with van der Waals surface area (Å²) in [5, 5.41) is 0. The minimum absolute atomic E-state index is 0.0580. The maximum atomic E-state index is 14.1. The number of hydrogen-bond donors (Lipinski definition) is 0. The average molecular weight is 519 g/mol. The molecule has 2 atom stereocenters. The van der Waals surface area contributed by atoms with E-state index in [2.05, 4.69) is 48.2 Å². The number of benzene rings is 3. The number of rotatable bonds is 10. The van der Waals surface area contributed by atoms with Gasteiger partial charge in [0.2, 0.25) is 0 Å². The van der Waals surface area contributed by atoms with E-state index in [0.717, 1.165) is 51.4 Å². The van der Waals surface area contributed by atoms with Crippen LogP contribution < -0.4 is 4.74 Å². The summed E-state index contributed by atoms with van der Waals surface area (Å²) in [4.78, 5) is 18.0. The number of carbonyl (C=O) groups is 1. The zero-order chi connectivity index (χ0) is 26.5. The van der Waals surface area contributed by atoms with Gasteiger partial charge in [0.15, 0.2) is 11.6 Å². The van der Waals surface area contributed by atoms with Crippen molar-refractivity contribution in [2.75, 3.05) is 6.54 Å². The monoisotopic (exact) mass is 518 g/mol. The van der Waals surface area contributed by atoms with Crippen molar-refractivity contribution in [3.8, 4) is 5.75 Å². The highest BCUT2D eigenvalue weighted by atomic mass is 19.1. The molecule has 2 saturated heterocycles. The third-order valence-electron chi connectivity index (χ3n) is 7.80. The summed E-state index contributed by atoms with van der Waals surface area (Å²) >= 11 is 0. The number of ether oxygens (including phenoxy) is 1. The second-order valence-corrected chi connectivity index (χ2v) is 10.6. The molecule has 1 amide bonds. The summed E-state index contributed by atoms with van der Waals surface area (Å²) in [6.45, 7) is 5.00. The van der Waals surface area contributed by atoms with E-state index in [4.69, 9.17) is 4.74 Å². The Morgan fingerprint density at radius 1 is 0.921 bits per heavy atom. The predicted octanol–water partition coefficient (Wildman–Crippen LogP) is 6.98. The molecule has 2 heterocycles. The van der Waals surface area contributed by atoms with Crippen LogP contribution in [0.15, 0.2) is 72.8 Å². The molecule has 38 heavy (non-hydrogen) atoms. The molecule has 0 radical (unpaired) electrons. The zero-order valence-electron chi connectivity index (χ0n) is 22.0. The Morgan fingerprint density at radius 2 is 1.58 bits per heavy atom. The highest BCUT2D eigenvalue weighted by Gasteiger charge is 2.44. The molecule has 0 saturated carbocycles. The molecule has 2 aliphatic rings. The molecule has 0 unspecified atom stereocenters. The Balaban J connectivity index is 1.21. The van der Waals surface area contributed by atoms with Crippen LogP contribution in [0.3, 0.4) is 0 Å². The van der Waals surface area contributed by atoms with Crippen LogP contribution in [0.5, 0.6) is 5.75 Å². The Morgan fingerprint density at radius 3 is 2.21 bits per heavy atom. The molecule has 0 spiro atoms.